The fourth-order valence-electron chi connectivity index (χ4n) is 4.87. The Morgan fingerprint density at radius 2 is 1.84 bits per heavy atom. The number of aromatic nitrogens is 1. The van der Waals surface area contributed by atoms with E-state index in [1.807, 2.05) is 23.1 Å². The fraction of sp³-hybridized carbons (Fsp3) is 0.458. The summed E-state index contributed by atoms with van der Waals surface area (Å²) >= 11 is 18.3. The van der Waals surface area contributed by atoms with Gasteiger partial charge in [-0.2, -0.15) is 5.26 Å². The van der Waals surface area contributed by atoms with Crippen molar-refractivity contribution in [2.75, 3.05) is 26.2 Å². The standard InChI is InChI=1S/C24H25Cl3N4O/c25-21-2-1-16(12-22(21)26)11-17-4-8-31(15-18(17)13-28)19-5-9-30(10-6-19)24(32)20-3-7-29-14-23(20)27/h1-3,7,12,14,17-19H,4-6,8-11,15H2/t17-,18-/m1/s1. The molecule has 8 heteroatoms. The Morgan fingerprint density at radius 1 is 1.06 bits per heavy atom. The van der Waals surface area contributed by atoms with Crippen LogP contribution in [0.1, 0.15) is 35.2 Å². The quantitative estimate of drug-likeness (QED) is 0.578. The normalized spacial score (nSPS) is 22.5. The van der Waals surface area contributed by atoms with Gasteiger partial charge in [-0.25, -0.2) is 0 Å². The van der Waals surface area contributed by atoms with E-state index in [-0.39, 0.29) is 11.8 Å². The summed E-state index contributed by atoms with van der Waals surface area (Å²) in [6.07, 6.45) is 6.72. The summed E-state index contributed by atoms with van der Waals surface area (Å²) in [5.74, 6) is 0.253. The van der Waals surface area contributed by atoms with Gasteiger partial charge in [-0.15, -0.1) is 0 Å². The number of hydrogen-bond donors (Lipinski definition) is 0. The minimum Gasteiger partial charge on any atom is -0.338 e. The molecule has 0 aliphatic carbocycles. The van der Waals surface area contributed by atoms with E-state index in [1.165, 1.54) is 6.20 Å². The van der Waals surface area contributed by atoms with E-state index in [4.69, 9.17) is 34.8 Å². The summed E-state index contributed by atoms with van der Waals surface area (Å²) < 4.78 is 0. The molecule has 0 saturated carbocycles. The maximum Gasteiger partial charge on any atom is 0.255 e. The Hall–Kier alpha value is -1.84. The molecule has 1 aromatic heterocycles. The molecule has 3 heterocycles. The van der Waals surface area contributed by atoms with Crippen molar-refractivity contribution in [2.24, 2.45) is 11.8 Å². The molecule has 168 valence electrons. The summed E-state index contributed by atoms with van der Waals surface area (Å²) in [5, 5.41) is 11.3. The highest BCUT2D eigenvalue weighted by Gasteiger charge is 2.35. The molecule has 2 atom stereocenters. The first-order valence-corrected chi connectivity index (χ1v) is 12.1. The number of halogens is 3. The molecule has 0 spiro atoms. The molecule has 0 bridgehead atoms. The molecular formula is C24H25Cl3N4O. The Balaban J connectivity index is 1.32. The first kappa shape index (κ1) is 23.3. The van der Waals surface area contributed by atoms with Crippen molar-refractivity contribution < 1.29 is 4.79 Å². The molecule has 2 aliphatic rings. The summed E-state index contributed by atoms with van der Waals surface area (Å²) in [6, 6.07) is 10.3. The Labute approximate surface area is 203 Å². The highest BCUT2D eigenvalue weighted by molar-refractivity contribution is 6.42. The van der Waals surface area contributed by atoms with Gasteiger partial charge in [-0.3, -0.25) is 14.7 Å². The third-order valence-corrected chi connectivity index (χ3v) is 7.75. The molecule has 32 heavy (non-hydrogen) atoms. The van der Waals surface area contributed by atoms with Gasteiger partial charge in [0.1, 0.15) is 0 Å². The third kappa shape index (κ3) is 5.21. The summed E-state index contributed by atoms with van der Waals surface area (Å²) in [7, 11) is 0. The van der Waals surface area contributed by atoms with Crippen LogP contribution in [0.2, 0.25) is 15.1 Å². The van der Waals surface area contributed by atoms with Crippen molar-refractivity contribution in [3.8, 4) is 6.07 Å². The van der Waals surface area contributed by atoms with Gasteiger partial charge in [0, 0.05) is 38.1 Å². The Kier molecular flexibility index (Phi) is 7.58. The second kappa shape index (κ2) is 10.4. The van der Waals surface area contributed by atoms with Crippen molar-refractivity contribution >= 4 is 40.7 Å². The van der Waals surface area contributed by atoms with Crippen molar-refractivity contribution in [2.45, 2.75) is 31.7 Å². The smallest absolute Gasteiger partial charge is 0.255 e. The van der Waals surface area contributed by atoms with E-state index in [0.717, 1.165) is 44.3 Å². The average Bonchev–Trinajstić information content (AvgIpc) is 2.82. The first-order chi connectivity index (χ1) is 15.5. The van der Waals surface area contributed by atoms with Crippen LogP contribution in [0.5, 0.6) is 0 Å². The van der Waals surface area contributed by atoms with Crippen LogP contribution in [0, 0.1) is 23.2 Å². The van der Waals surface area contributed by atoms with Crippen LogP contribution >= 0.6 is 34.8 Å². The second-order valence-electron chi connectivity index (χ2n) is 8.61. The molecule has 2 aliphatic heterocycles. The molecule has 2 aromatic rings. The fourth-order valence-corrected chi connectivity index (χ4v) is 5.39. The number of likely N-dealkylation sites (tertiary alicyclic amines) is 2. The predicted octanol–water partition coefficient (Wildman–Crippen LogP) is 5.35. The van der Waals surface area contributed by atoms with Gasteiger partial charge in [0.15, 0.2) is 0 Å². The highest BCUT2D eigenvalue weighted by atomic mass is 35.5. The lowest BCUT2D eigenvalue weighted by atomic mass is 9.81. The van der Waals surface area contributed by atoms with Gasteiger partial charge >= 0.3 is 0 Å². The largest absolute Gasteiger partial charge is 0.338 e. The van der Waals surface area contributed by atoms with Crippen LogP contribution in [0.25, 0.3) is 0 Å². The van der Waals surface area contributed by atoms with Gasteiger partial charge < -0.3 is 4.90 Å². The molecular weight excluding hydrogens is 467 g/mol. The number of hydrogen-bond acceptors (Lipinski definition) is 4. The van der Waals surface area contributed by atoms with Crippen molar-refractivity contribution in [1.82, 2.24) is 14.8 Å². The molecule has 2 saturated heterocycles. The monoisotopic (exact) mass is 490 g/mol. The molecule has 2 fully saturated rings. The molecule has 1 amide bonds. The number of benzene rings is 1. The van der Waals surface area contributed by atoms with Crippen molar-refractivity contribution in [3.05, 3.63) is 62.9 Å². The van der Waals surface area contributed by atoms with Gasteiger partial charge in [-0.05, 0) is 61.9 Å². The molecule has 5 nitrogen and oxygen atoms in total. The number of carbonyl (C=O) groups excluding carboxylic acids is 1. The average molecular weight is 492 g/mol. The van der Waals surface area contributed by atoms with E-state index in [9.17, 15) is 10.1 Å². The van der Waals surface area contributed by atoms with Gasteiger partial charge in [0.05, 0.1) is 32.6 Å². The minimum atomic E-state index is -0.0360. The van der Waals surface area contributed by atoms with Crippen LogP contribution < -0.4 is 0 Å². The first-order valence-electron chi connectivity index (χ1n) is 10.9. The van der Waals surface area contributed by atoms with Gasteiger partial charge in [0.25, 0.3) is 5.91 Å². The van der Waals surface area contributed by atoms with Crippen LogP contribution in [0.4, 0.5) is 0 Å². The number of nitrogens with zero attached hydrogens (tertiary/aromatic N) is 4. The summed E-state index contributed by atoms with van der Waals surface area (Å²) in [4.78, 5) is 21.1. The van der Waals surface area contributed by atoms with Gasteiger partial charge in [0.2, 0.25) is 0 Å². The SMILES string of the molecule is N#C[C@@H]1CN(C2CCN(C(=O)c3ccncc3Cl)CC2)CC[C@@H]1Cc1ccc(Cl)c(Cl)c1. The number of rotatable bonds is 4. The van der Waals surface area contributed by atoms with E-state index in [1.54, 1.807) is 12.3 Å². The van der Waals surface area contributed by atoms with Crippen molar-refractivity contribution in [3.63, 3.8) is 0 Å². The van der Waals surface area contributed by atoms with Gasteiger partial charge in [-0.1, -0.05) is 40.9 Å². The lowest BCUT2D eigenvalue weighted by Crippen LogP contribution is -2.51. The second-order valence-corrected chi connectivity index (χ2v) is 9.83. The maximum absolute atomic E-state index is 12.8. The van der Waals surface area contributed by atoms with Crippen molar-refractivity contribution in [1.29, 1.82) is 5.26 Å². The predicted molar refractivity (Wildman–Crippen MR) is 127 cm³/mol. The maximum atomic E-state index is 12.8. The molecule has 0 unspecified atom stereocenters. The molecule has 4 rings (SSSR count). The van der Waals surface area contributed by atoms with E-state index in [0.29, 0.717) is 45.7 Å². The summed E-state index contributed by atoms with van der Waals surface area (Å²) in [5.41, 5.74) is 1.63. The zero-order valence-corrected chi connectivity index (χ0v) is 20.0. The molecule has 1 aromatic carbocycles. The topological polar surface area (TPSA) is 60.2 Å². The van der Waals surface area contributed by atoms with Crippen LogP contribution in [-0.2, 0) is 6.42 Å². The van der Waals surface area contributed by atoms with E-state index >= 15 is 0 Å². The Morgan fingerprint density at radius 3 is 2.53 bits per heavy atom. The molecule has 0 radical (unpaired) electrons. The van der Waals surface area contributed by atoms with Crippen LogP contribution in [-0.4, -0.2) is 52.9 Å². The number of carbonyl (C=O) groups is 1. The number of nitriles is 1. The highest BCUT2D eigenvalue weighted by Crippen LogP contribution is 2.32. The summed E-state index contributed by atoms with van der Waals surface area (Å²) in [6.45, 7) is 3.14. The number of amides is 1. The number of piperidine rings is 2. The van der Waals surface area contributed by atoms with E-state index < -0.39 is 0 Å². The van der Waals surface area contributed by atoms with E-state index in [2.05, 4.69) is 16.0 Å². The zero-order chi connectivity index (χ0) is 22.7. The Bertz CT molecular complexity index is 1020. The lowest BCUT2D eigenvalue weighted by molar-refractivity contribution is 0.0486. The van der Waals surface area contributed by atoms with Crippen LogP contribution in [0.3, 0.4) is 0 Å². The van der Waals surface area contributed by atoms with Crippen LogP contribution in [0.15, 0.2) is 36.7 Å². The lowest BCUT2D eigenvalue weighted by Gasteiger charge is -2.43. The zero-order valence-electron chi connectivity index (χ0n) is 17.7. The third-order valence-electron chi connectivity index (χ3n) is 6.71. The minimum absolute atomic E-state index is 0.0199. The molecule has 0 N–H and O–H groups in total. The number of pyridine rings is 1.